The monoisotopic (exact) mass is 643 g/mol. The predicted molar refractivity (Wildman–Crippen MR) is 163 cm³/mol. The average molecular weight is 644 g/mol. The van der Waals surface area contributed by atoms with E-state index in [-0.39, 0.29) is 35.8 Å². The van der Waals surface area contributed by atoms with Crippen LogP contribution >= 0.6 is 11.6 Å². The molecule has 0 aromatic heterocycles. The lowest BCUT2D eigenvalue weighted by Gasteiger charge is -2.26. The highest BCUT2D eigenvalue weighted by Crippen LogP contribution is 2.32. The highest BCUT2D eigenvalue weighted by molar-refractivity contribution is 7.92. The summed E-state index contributed by atoms with van der Waals surface area (Å²) in [5.74, 6) is -1.84. The van der Waals surface area contributed by atoms with Crippen molar-refractivity contribution >= 4 is 38.9 Å². The number of carbonyl (C=O) groups is 1. The number of hydrogen-bond acceptors (Lipinski definition) is 6. The second-order valence-electron chi connectivity index (χ2n) is 9.86. The second-order valence-corrected chi connectivity index (χ2v) is 12.2. The zero-order valence-electron chi connectivity index (χ0n) is 23.7. The van der Waals surface area contributed by atoms with Gasteiger partial charge in [0.05, 0.1) is 28.7 Å². The summed E-state index contributed by atoms with van der Waals surface area (Å²) in [5.41, 5.74) is 0.384. The first-order chi connectivity index (χ1) is 20.9. The number of anilines is 1. The van der Waals surface area contributed by atoms with Crippen molar-refractivity contribution in [1.82, 2.24) is 4.90 Å². The van der Waals surface area contributed by atoms with Gasteiger partial charge in [0.15, 0.2) is 0 Å². The lowest BCUT2D eigenvalue weighted by atomic mass is 10.1. The summed E-state index contributed by atoms with van der Waals surface area (Å²) < 4.78 is 63.2. The van der Waals surface area contributed by atoms with Crippen LogP contribution in [0.2, 0.25) is 5.02 Å². The molecule has 0 aliphatic carbocycles. The Hall–Kier alpha value is -4.55. The Kier molecular flexibility index (Phi) is 10.2. The molecule has 0 aliphatic heterocycles. The molecule has 0 unspecified atom stereocenters. The van der Waals surface area contributed by atoms with E-state index in [9.17, 15) is 32.1 Å². The van der Waals surface area contributed by atoms with Crippen LogP contribution in [0.5, 0.6) is 5.75 Å². The lowest BCUT2D eigenvalue weighted by molar-refractivity contribution is -0.385. The summed E-state index contributed by atoms with van der Waals surface area (Å²) in [6.45, 7) is 1.59. The number of nitro groups is 1. The van der Waals surface area contributed by atoms with Crippen LogP contribution in [-0.4, -0.2) is 44.3 Å². The predicted octanol–water partition coefficient (Wildman–Crippen LogP) is 6.77. The molecule has 0 atom stereocenters. The van der Waals surface area contributed by atoms with E-state index < -0.39 is 38.2 Å². The van der Waals surface area contributed by atoms with Crippen LogP contribution in [0.25, 0.3) is 0 Å². The summed E-state index contributed by atoms with van der Waals surface area (Å²) in [5, 5.41) is 11.5. The number of ether oxygens (including phenoxy) is 1. The van der Waals surface area contributed by atoms with Gasteiger partial charge in [0.25, 0.3) is 21.6 Å². The van der Waals surface area contributed by atoms with E-state index in [0.717, 1.165) is 22.5 Å². The molecule has 0 fully saturated rings. The van der Waals surface area contributed by atoms with Gasteiger partial charge in [0.1, 0.15) is 17.4 Å². The number of carbonyl (C=O) groups excluding carboxylic acids is 1. The fourth-order valence-corrected chi connectivity index (χ4v) is 5.95. The SMILES string of the molecule is Cc1ccc(C(=O)N(C)CCCOc2ccccc2CN(c2cc(F)ccc2F)S(=O)(=O)c2ccc(Cl)cc2)cc1[N+](=O)[O-]. The van der Waals surface area contributed by atoms with Gasteiger partial charge < -0.3 is 9.64 Å². The third-order valence-corrected chi connectivity index (χ3v) is 8.79. The van der Waals surface area contributed by atoms with Crippen LogP contribution < -0.4 is 9.04 Å². The molecule has 1 amide bonds. The van der Waals surface area contributed by atoms with E-state index in [4.69, 9.17) is 16.3 Å². The zero-order valence-corrected chi connectivity index (χ0v) is 25.3. The van der Waals surface area contributed by atoms with Gasteiger partial charge >= 0.3 is 0 Å². The van der Waals surface area contributed by atoms with Crippen LogP contribution in [0.1, 0.15) is 27.9 Å². The normalized spacial score (nSPS) is 11.2. The number of aryl methyl sites for hydroxylation is 1. The Morgan fingerprint density at radius 2 is 1.70 bits per heavy atom. The maximum absolute atomic E-state index is 14.9. The van der Waals surface area contributed by atoms with Crippen LogP contribution in [0.3, 0.4) is 0 Å². The topological polar surface area (TPSA) is 110 Å². The molecule has 44 heavy (non-hydrogen) atoms. The van der Waals surface area contributed by atoms with Gasteiger partial charge in [-0.2, -0.15) is 0 Å². The van der Waals surface area contributed by atoms with Crippen molar-refractivity contribution in [2.75, 3.05) is 24.5 Å². The van der Waals surface area contributed by atoms with Gasteiger partial charge in [-0.15, -0.1) is 0 Å². The molecule has 4 aromatic rings. The number of rotatable bonds is 12. The van der Waals surface area contributed by atoms with Crippen LogP contribution in [0.4, 0.5) is 20.2 Å². The van der Waals surface area contributed by atoms with Gasteiger partial charge in [-0.1, -0.05) is 35.9 Å². The number of hydrogen-bond donors (Lipinski definition) is 0. The molecule has 0 N–H and O–H groups in total. The molecule has 0 spiro atoms. The van der Waals surface area contributed by atoms with Gasteiger partial charge in [-0.25, -0.2) is 17.2 Å². The molecule has 13 heteroatoms. The van der Waals surface area contributed by atoms with Crippen molar-refractivity contribution in [3.05, 3.63) is 128 Å². The molecule has 0 saturated carbocycles. The molecular formula is C31H28ClF2N3O6S. The van der Waals surface area contributed by atoms with Crippen LogP contribution in [0.15, 0.2) is 89.8 Å². The van der Waals surface area contributed by atoms with E-state index in [0.29, 0.717) is 28.3 Å². The average Bonchev–Trinajstić information content (AvgIpc) is 2.99. The van der Waals surface area contributed by atoms with Gasteiger partial charge in [-0.05, 0) is 61.9 Å². The standard InChI is InChI=1S/C31H28ClF2N3O6S/c1-21-8-9-22(18-28(21)37(39)40)31(38)35(2)16-5-17-43-30-7-4-3-6-23(30)20-36(29-19-25(33)12-15-27(29)34)44(41,42)26-13-10-24(32)11-14-26/h3-4,6-15,18-19H,5,16-17,20H2,1-2H3. The van der Waals surface area contributed by atoms with E-state index in [1.807, 2.05) is 0 Å². The summed E-state index contributed by atoms with van der Waals surface area (Å²) >= 11 is 5.93. The fourth-order valence-electron chi connectivity index (χ4n) is 4.39. The first kappa shape index (κ1) is 32.4. The lowest BCUT2D eigenvalue weighted by Crippen LogP contribution is -2.31. The van der Waals surface area contributed by atoms with Crippen LogP contribution in [0, 0.1) is 28.7 Å². The van der Waals surface area contributed by atoms with Gasteiger partial charge in [0.2, 0.25) is 0 Å². The quantitative estimate of drug-likeness (QED) is 0.0957. The number of nitro benzene ring substituents is 1. The summed E-state index contributed by atoms with van der Waals surface area (Å²) in [6.07, 6.45) is 0.371. The molecule has 0 bridgehead atoms. The highest BCUT2D eigenvalue weighted by Gasteiger charge is 2.29. The number of amides is 1. The Morgan fingerprint density at radius 1 is 1.00 bits per heavy atom. The Balaban J connectivity index is 1.50. The highest BCUT2D eigenvalue weighted by atomic mass is 35.5. The minimum Gasteiger partial charge on any atom is -0.493 e. The fraction of sp³-hybridized carbons (Fsp3) is 0.194. The van der Waals surface area contributed by atoms with Gasteiger partial charge in [-0.3, -0.25) is 19.2 Å². The second kappa shape index (κ2) is 13.8. The van der Waals surface area contributed by atoms with E-state index in [2.05, 4.69) is 0 Å². The number of para-hydroxylation sites is 1. The Morgan fingerprint density at radius 3 is 2.41 bits per heavy atom. The molecule has 0 radical (unpaired) electrons. The third-order valence-electron chi connectivity index (χ3n) is 6.76. The minimum absolute atomic E-state index is 0.126. The summed E-state index contributed by atoms with van der Waals surface area (Å²) in [6, 6.07) is 18.7. The molecule has 4 aromatic carbocycles. The zero-order chi connectivity index (χ0) is 32.0. The molecule has 9 nitrogen and oxygen atoms in total. The maximum Gasteiger partial charge on any atom is 0.273 e. The summed E-state index contributed by atoms with van der Waals surface area (Å²) in [7, 11) is -2.82. The number of benzene rings is 4. The van der Waals surface area contributed by atoms with Crippen LogP contribution in [-0.2, 0) is 16.6 Å². The number of nitrogens with zero attached hydrogens (tertiary/aromatic N) is 3. The Bertz CT molecular complexity index is 1790. The largest absolute Gasteiger partial charge is 0.493 e. The van der Waals surface area contributed by atoms with Crippen molar-refractivity contribution < 1.29 is 31.7 Å². The van der Waals surface area contributed by atoms with Gasteiger partial charge in [0, 0.05) is 47.4 Å². The maximum atomic E-state index is 14.9. The molecule has 0 heterocycles. The van der Waals surface area contributed by atoms with Crippen molar-refractivity contribution in [3.8, 4) is 5.75 Å². The third kappa shape index (κ3) is 7.50. The molecule has 0 saturated heterocycles. The molecule has 230 valence electrons. The molecule has 4 rings (SSSR count). The van der Waals surface area contributed by atoms with Crippen molar-refractivity contribution in [2.24, 2.45) is 0 Å². The first-order valence-corrected chi connectivity index (χ1v) is 15.1. The van der Waals surface area contributed by atoms with E-state index >= 15 is 0 Å². The first-order valence-electron chi connectivity index (χ1n) is 13.3. The van der Waals surface area contributed by atoms with Crippen molar-refractivity contribution in [2.45, 2.75) is 24.8 Å². The smallest absolute Gasteiger partial charge is 0.273 e. The molecule has 0 aliphatic rings. The number of halogens is 3. The number of sulfonamides is 1. The van der Waals surface area contributed by atoms with E-state index in [1.54, 1.807) is 38.2 Å². The minimum atomic E-state index is -4.38. The van der Waals surface area contributed by atoms with Crippen molar-refractivity contribution in [1.29, 1.82) is 0 Å². The van der Waals surface area contributed by atoms with E-state index in [1.165, 1.54) is 47.4 Å². The summed E-state index contributed by atoms with van der Waals surface area (Å²) in [4.78, 5) is 24.8. The molecular weight excluding hydrogens is 616 g/mol. The van der Waals surface area contributed by atoms with Crippen molar-refractivity contribution in [3.63, 3.8) is 0 Å². The Labute approximate surface area is 258 Å².